The summed E-state index contributed by atoms with van der Waals surface area (Å²) in [5.41, 5.74) is 1.21. The van der Waals surface area contributed by atoms with Gasteiger partial charge in [-0.15, -0.1) is 0 Å². The van der Waals surface area contributed by atoms with Gasteiger partial charge in [0.2, 0.25) is 0 Å². The zero-order valence-corrected chi connectivity index (χ0v) is 20.7. The predicted molar refractivity (Wildman–Crippen MR) is 133 cm³/mol. The van der Waals surface area contributed by atoms with Crippen molar-refractivity contribution in [1.82, 2.24) is 0 Å². The Labute approximate surface area is 211 Å². The highest BCUT2D eigenvalue weighted by atomic mass is 79.9. The van der Waals surface area contributed by atoms with Gasteiger partial charge in [-0.1, -0.05) is 41.9 Å². The van der Waals surface area contributed by atoms with Crippen LogP contribution in [0.1, 0.15) is 21.5 Å². The number of benzene rings is 3. The van der Waals surface area contributed by atoms with E-state index < -0.39 is 11.9 Å². The number of rotatable bonds is 7. The Morgan fingerprint density at radius 3 is 2.36 bits per heavy atom. The van der Waals surface area contributed by atoms with E-state index in [-0.39, 0.29) is 23.4 Å². The molecule has 2 N–H and O–H groups in total. The number of nitrogens with one attached hydrogen (secondary N) is 1. The van der Waals surface area contributed by atoms with Gasteiger partial charge in [-0.05, 0) is 73.8 Å². The molecule has 0 unspecified atom stereocenters. The fourth-order valence-electron chi connectivity index (χ4n) is 2.85. The van der Waals surface area contributed by atoms with Crippen LogP contribution in [0.4, 0.5) is 5.69 Å². The molecule has 0 aliphatic rings. The molecule has 0 aliphatic heterocycles. The van der Waals surface area contributed by atoms with Gasteiger partial charge >= 0.3 is 5.97 Å². The summed E-state index contributed by atoms with van der Waals surface area (Å²) in [7, 11) is 0. The van der Waals surface area contributed by atoms with Crippen molar-refractivity contribution in [2.24, 2.45) is 0 Å². The summed E-state index contributed by atoms with van der Waals surface area (Å²) in [4.78, 5) is 23.9. The maximum Gasteiger partial charge on any atom is 0.337 e. The van der Waals surface area contributed by atoms with Crippen molar-refractivity contribution in [3.63, 3.8) is 0 Å². The molecule has 1 amide bonds. The molecule has 0 aromatic heterocycles. The van der Waals surface area contributed by atoms with E-state index in [1.54, 1.807) is 30.3 Å². The number of aromatic carboxylic acids is 1. The standard InChI is InChI=1S/C24H15Br2ClN2O4/c25-18-10-14(11-19(26)22(18)33-13-15-5-1-3-7-20(15)27)9-16(12-28)23(30)29-21-8-4-2-6-17(21)24(31)32/h1-11H,13H2,(H,29,30)(H,31,32)/b16-9+. The molecular formula is C24H15Br2ClN2O4. The monoisotopic (exact) mass is 588 g/mol. The number of para-hydroxylation sites is 1. The SMILES string of the molecule is N#C/C(=C\c1cc(Br)c(OCc2ccccc2Cl)c(Br)c1)C(=O)Nc1ccccc1C(=O)O. The summed E-state index contributed by atoms with van der Waals surface area (Å²) < 4.78 is 7.09. The Morgan fingerprint density at radius 1 is 1.09 bits per heavy atom. The Balaban J connectivity index is 1.81. The number of carbonyl (C=O) groups is 2. The number of anilines is 1. The van der Waals surface area contributed by atoms with Gasteiger partial charge < -0.3 is 15.2 Å². The molecule has 0 saturated carbocycles. The van der Waals surface area contributed by atoms with Crippen LogP contribution in [-0.2, 0) is 11.4 Å². The number of ether oxygens (including phenoxy) is 1. The lowest BCUT2D eigenvalue weighted by atomic mass is 10.1. The summed E-state index contributed by atoms with van der Waals surface area (Å²) in [6, 6.07) is 18.5. The molecular weight excluding hydrogens is 576 g/mol. The van der Waals surface area contributed by atoms with E-state index in [2.05, 4.69) is 37.2 Å². The first kappa shape index (κ1) is 24.5. The largest absolute Gasteiger partial charge is 0.486 e. The van der Waals surface area contributed by atoms with E-state index in [1.165, 1.54) is 18.2 Å². The predicted octanol–water partition coefficient (Wildman–Crippen LogP) is 6.69. The molecule has 0 heterocycles. The third kappa shape index (κ3) is 6.23. The molecule has 33 heavy (non-hydrogen) atoms. The number of hydrogen-bond acceptors (Lipinski definition) is 4. The molecule has 0 bridgehead atoms. The van der Waals surface area contributed by atoms with E-state index in [0.717, 1.165) is 5.56 Å². The van der Waals surface area contributed by atoms with Gasteiger partial charge in [0.25, 0.3) is 5.91 Å². The van der Waals surface area contributed by atoms with Crippen LogP contribution in [0.15, 0.2) is 75.2 Å². The lowest BCUT2D eigenvalue weighted by Gasteiger charge is -2.12. The summed E-state index contributed by atoms with van der Waals surface area (Å²) in [5.74, 6) is -1.38. The summed E-state index contributed by atoms with van der Waals surface area (Å²) in [5, 5.41) is 21.8. The van der Waals surface area contributed by atoms with Gasteiger partial charge in [0.05, 0.1) is 20.2 Å². The van der Waals surface area contributed by atoms with Crippen molar-refractivity contribution >= 4 is 67.1 Å². The fourth-order valence-corrected chi connectivity index (χ4v) is 4.49. The minimum atomic E-state index is -1.19. The van der Waals surface area contributed by atoms with Crippen LogP contribution in [0.25, 0.3) is 6.08 Å². The minimum absolute atomic E-state index is 0.0753. The van der Waals surface area contributed by atoms with Crippen LogP contribution in [0, 0.1) is 11.3 Å². The quantitative estimate of drug-likeness (QED) is 0.236. The van der Waals surface area contributed by atoms with Crippen molar-refractivity contribution in [3.8, 4) is 11.8 Å². The first-order valence-corrected chi connectivity index (χ1v) is 11.4. The van der Waals surface area contributed by atoms with Crippen LogP contribution in [0.5, 0.6) is 5.75 Å². The number of nitrogens with zero attached hydrogens (tertiary/aromatic N) is 1. The molecule has 3 aromatic rings. The zero-order valence-electron chi connectivity index (χ0n) is 16.8. The number of carboxylic acid groups (broad SMARTS) is 1. The van der Waals surface area contributed by atoms with Crippen molar-refractivity contribution in [1.29, 1.82) is 5.26 Å². The van der Waals surface area contributed by atoms with Crippen LogP contribution in [0.2, 0.25) is 5.02 Å². The fraction of sp³-hybridized carbons (Fsp3) is 0.0417. The van der Waals surface area contributed by atoms with E-state index in [0.29, 0.717) is 25.3 Å². The highest BCUT2D eigenvalue weighted by Gasteiger charge is 2.16. The number of amides is 1. The molecule has 6 nitrogen and oxygen atoms in total. The van der Waals surface area contributed by atoms with E-state index in [4.69, 9.17) is 16.3 Å². The van der Waals surface area contributed by atoms with Crippen molar-refractivity contribution in [3.05, 3.63) is 96.9 Å². The lowest BCUT2D eigenvalue weighted by molar-refractivity contribution is -0.112. The maximum absolute atomic E-state index is 12.6. The van der Waals surface area contributed by atoms with E-state index in [1.807, 2.05) is 24.3 Å². The van der Waals surface area contributed by atoms with Crippen molar-refractivity contribution < 1.29 is 19.4 Å². The molecule has 3 rings (SSSR count). The number of halogens is 3. The second kappa shape index (κ2) is 11.1. The molecule has 0 radical (unpaired) electrons. The highest BCUT2D eigenvalue weighted by molar-refractivity contribution is 9.11. The van der Waals surface area contributed by atoms with Gasteiger partial charge in [-0.3, -0.25) is 4.79 Å². The van der Waals surface area contributed by atoms with Gasteiger partial charge in [0.1, 0.15) is 24.0 Å². The van der Waals surface area contributed by atoms with Gasteiger partial charge in [0.15, 0.2) is 0 Å². The first-order valence-electron chi connectivity index (χ1n) is 9.41. The Kier molecular flexibility index (Phi) is 8.28. The zero-order chi connectivity index (χ0) is 24.0. The Morgan fingerprint density at radius 2 is 1.73 bits per heavy atom. The first-order chi connectivity index (χ1) is 15.8. The minimum Gasteiger partial charge on any atom is -0.486 e. The Bertz CT molecular complexity index is 1280. The topological polar surface area (TPSA) is 99.4 Å². The third-order valence-electron chi connectivity index (χ3n) is 4.43. The van der Waals surface area contributed by atoms with E-state index in [9.17, 15) is 20.0 Å². The number of carbonyl (C=O) groups excluding carboxylic acids is 1. The molecule has 0 saturated heterocycles. The van der Waals surface area contributed by atoms with E-state index >= 15 is 0 Å². The normalized spacial score (nSPS) is 10.9. The third-order valence-corrected chi connectivity index (χ3v) is 5.98. The average molecular weight is 591 g/mol. The molecule has 0 aliphatic carbocycles. The van der Waals surface area contributed by atoms with Gasteiger partial charge in [-0.25, -0.2) is 4.79 Å². The molecule has 0 atom stereocenters. The summed E-state index contributed by atoms with van der Waals surface area (Å²) in [6.45, 7) is 0.251. The van der Waals surface area contributed by atoms with Crippen LogP contribution < -0.4 is 10.1 Å². The van der Waals surface area contributed by atoms with Crippen molar-refractivity contribution in [2.75, 3.05) is 5.32 Å². The van der Waals surface area contributed by atoms with Gasteiger partial charge in [-0.2, -0.15) is 5.26 Å². The van der Waals surface area contributed by atoms with Crippen LogP contribution >= 0.6 is 43.5 Å². The number of hydrogen-bond donors (Lipinski definition) is 2. The highest BCUT2D eigenvalue weighted by Crippen LogP contribution is 2.36. The van der Waals surface area contributed by atoms with Crippen LogP contribution in [-0.4, -0.2) is 17.0 Å². The summed E-state index contributed by atoms with van der Waals surface area (Å²) >= 11 is 13.1. The molecule has 166 valence electrons. The van der Waals surface area contributed by atoms with Gasteiger partial charge in [0, 0.05) is 10.6 Å². The molecule has 3 aromatic carbocycles. The van der Waals surface area contributed by atoms with Crippen LogP contribution in [0.3, 0.4) is 0 Å². The Hall–Kier alpha value is -3.12. The second-order valence-corrected chi connectivity index (χ2v) is 8.78. The smallest absolute Gasteiger partial charge is 0.337 e. The average Bonchev–Trinajstić information content (AvgIpc) is 2.78. The lowest BCUT2D eigenvalue weighted by Crippen LogP contribution is -2.16. The molecule has 0 fully saturated rings. The van der Waals surface area contributed by atoms with Crippen molar-refractivity contribution in [2.45, 2.75) is 6.61 Å². The number of carboxylic acids is 1. The summed E-state index contributed by atoms with van der Waals surface area (Å²) in [6.07, 6.45) is 1.39. The second-order valence-electron chi connectivity index (χ2n) is 6.67. The number of nitriles is 1. The molecule has 9 heteroatoms. The molecule has 0 spiro atoms. The maximum atomic E-state index is 12.6.